The summed E-state index contributed by atoms with van der Waals surface area (Å²) in [5.41, 5.74) is 6.26. The molecule has 4 heteroatoms. The Balaban J connectivity index is 2.84. The highest BCUT2D eigenvalue weighted by Crippen LogP contribution is 2.14. The number of aryl methyl sites for hydroxylation is 1. The van der Waals surface area contributed by atoms with Crippen LogP contribution >= 0.6 is 0 Å². The second-order valence-electron chi connectivity index (χ2n) is 2.62. The molecule has 2 N–H and O–H groups in total. The van der Waals surface area contributed by atoms with E-state index in [1.54, 1.807) is 19.9 Å². The van der Waals surface area contributed by atoms with E-state index in [-0.39, 0.29) is 5.76 Å². The van der Waals surface area contributed by atoms with Gasteiger partial charge in [0.05, 0.1) is 6.61 Å². The van der Waals surface area contributed by atoms with E-state index in [1.165, 1.54) is 0 Å². The molecule has 72 valence electrons. The molecule has 0 amide bonds. The minimum atomic E-state index is -0.440. The van der Waals surface area contributed by atoms with Gasteiger partial charge in [-0.1, -0.05) is 0 Å². The van der Waals surface area contributed by atoms with Crippen molar-refractivity contribution in [3.8, 4) is 0 Å². The molecule has 4 nitrogen and oxygen atoms in total. The molecule has 0 fully saturated rings. The zero-order valence-corrected chi connectivity index (χ0v) is 7.79. The van der Waals surface area contributed by atoms with Gasteiger partial charge in [-0.15, -0.1) is 0 Å². The lowest BCUT2D eigenvalue weighted by molar-refractivity contribution is 0.0488. The van der Waals surface area contributed by atoms with Gasteiger partial charge in [0.15, 0.2) is 0 Å². The van der Waals surface area contributed by atoms with Crippen molar-refractivity contribution in [1.82, 2.24) is 0 Å². The molecule has 1 rings (SSSR count). The highest BCUT2D eigenvalue weighted by Gasteiger charge is 2.13. The highest BCUT2D eigenvalue weighted by molar-refractivity contribution is 5.86. The number of ether oxygens (including phenoxy) is 1. The first-order chi connectivity index (χ1) is 6.19. The predicted octanol–water partition coefficient (Wildman–Crippen LogP) is 1.22. The van der Waals surface area contributed by atoms with E-state index in [1.807, 2.05) is 0 Å². The number of carbonyl (C=O) groups excluding carboxylic acids is 1. The van der Waals surface area contributed by atoms with Gasteiger partial charge in [-0.2, -0.15) is 0 Å². The van der Waals surface area contributed by atoms with Gasteiger partial charge in [0.2, 0.25) is 5.76 Å². The zero-order chi connectivity index (χ0) is 9.84. The van der Waals surface area contributed by atoms with Gasteiger partial charge in [-0.3, -0.25) is 0 Å². The zero-order valence-electron chi connectivity index (χ0n) is 7.79. The number of hydrogen-bond acceptors (Lipinski definition) is 4. The van der Waals surface area contributed by atoms with Gasteiger partial charge >= 0.3 is 5.97 Å². The first kappa shape index (κ1) is 9.80. The lowest BCUT2D eigenvalue weighted by Crippen LogP contribution is -2.02. The Bertz CT molecular complexity index is 304. The fourth-order valence-electron chi connectivity index (χ4n) is 1.03. The van der Waals surface area contributed by atoms with Crippen molar-refractivity contribution >= 4 is 5.97 Å². The minimum absolute atomic E-state index is 0.222. The van der Waals surface area contributed by atoms with Gasteiger partial charge in [-0.25, -0.2) is 4.79 Å². The van der Waals surface area contributed by atoms with Crippen molar-refractivity contribution in [3.63, 3.8) is 0 Å². The maximum atomic E-state index is 11.2. The van der Waals surface area contributed by atoms with Crippen LogP contribution in [0, 0.1) is 6.92 Å². The van der Waals surface area contributed by atoms with Crippen LogP contribution in [0.1, 0.15) is 28.8 Å². The third kappa shape index (κ3) is 2.09. The predicted molar refractivity (Wildman–Crippen MR) is 47.3 cm³/mol. The summed E-state index contributed by atoms with van der Waals surface area (Å²) in [7, 11) is 0. The van der Waals surface area contributed by atoms with E-state index in [9.17, 15) is 4.79 Å². The first-order valence-electron chi connectivity index (χ1n) is 4.15. The highest BCUT2D eigenvalue weighted by atomic mass is 16.5. The van der Waals surface area contributed by atoms with E-state index in [4.69, 9.17) is 14.9 Å². The second-order valence-corrected chi connectivity index (χ2v) is 2.62. The van der Waals surface area contributed by atoms with Crippen molar-refractivity contribution < 1.29 is 13.9 Å². The fraction of sp³-hybridized carbons (Fsp3) is 0.444. The van der Waals surface area contributed by atoms with Crippen LogP contribution < -0.4 is 5.73 Å². The Morgan fingerprint density at radius 1 is 1.69 bits per heavy atom. The Labute approximate surface area is 76.7 Å². The molecule has 0 bridgehead atoms. The van der Waals surface area contributed by atoms with Crippen LogP contribution in [0.2, 0.25) is 0 Å². The van der Waals surface area contributed by atoms with Crippen LogP contribution in [0.25, 0.3) is 0 Å². The third-order valence-electron chi connectivity index (χ3n) is 1.72. The van der Waals surface area contributed by atoms with Crippen molar-refractivity contribution in [2.45, 2.75) is 20.4 Å². The number of furan rings is 1. The van der Waals surface area contributed by atoms with Crippen LogP contribution in [-0.2, 0) is 11.3 Å². The topological polar surface area (TPSA) is 65.5 Å². The van der Waals surface area contributed by atoms with Crippen molar-refractivity contribution in [1.29, 1.82) is 0 Å². The average Bonchev–Trinajstić information content (AvgIpc) is 2.47. The number of esters is 1. The Morgan fingerprint density at radius 3 is 2.85 bits per heavy atom. The number of carbonyl (C=O) groups is 1. The third-order valence-corrected chi connectivity index (χ3v) is 1.72. The molecule has 0 atom stereocenters. The van der Waals surface area contributed by atoms with E-state index < -0.39 is 5.97 Å². The number of rotatable bonds is 3. The largest absolute Gasteiger partial charge is 0.460 e. The maximum Gasteiger partial charge on any atom is 0.374 e. The van der Waals surface area contributed by atoms with Crippen molar-refractivity contribution in [2.24, 2.45) is 5.73 Å². The molecular weight excluding hydrogens is 170 g/mol. The molecule has 1 aromatic heterocycles. The summed E-state index contributed by atoms with van der Waals surface area (Å²) in [5, 5.41) is 0. The summed E-state index contributed by atoms with van der Waals surface area (Å²) in [6.07, 6.45) is 0. The Kier molecular flexibility index (Phi) is 3.08. The molecule has 0 unspecified atom stereocenters. The molecule has 0 saturated carbocycles. The molecule has 0 aliphatic rings. The molecule has 0 aromatic carbocycles. The standard InChI is InChI=1S/C9H13NO3/c1-3-12-9(11)8-4-7(5-10)6(2)13-8/h4H,3,5,10H2,1-2H3. The van der Waals surface area contributed by atoms with Gasteiger partial charge in [0.25, 0.3) is 0 Å². The van der Waals surface area contributed by atoms with Gasteiger partial charge in [-0.05, 0) is 19.9 Å². The summed E-state index contributed by atoms with van der Waals surface area (Å²) in [6, 6.07) is 1.62. The van der Waals surface area contributed by atoms with Crippen LogP contribution in [0.15, 0.2) is 10.5 Å². The lowest BCUT2D eigenvalue weighted by Gasteiger charge is -1.95. The quantitative estimate of drug-likeness (QED) is 0.715. The van der Waals surface area contributed by atoms with Crippen LogP contribution in [-0.4, -0.2) is 12.6 Å². The van der Waals surface area contributed by atoms with E-state index >= 15 is 0 Å². The molecule has 0 aliphatic carbocycles. The molecule has 1 aromatic rings. The normalized spacial score (nSPS) is 10.1. The van der Waals surface area contributed by atoms with Gasteiger partial charge in [0, 0.05) is 12.1 Å². The molecular formula is C9H13NO3. The Hall–Kier alpha value is -1.29. The van der Waals surface area contributed by atoms with E-state index in [2.05, 4.69) is 0 Å². The first-order valence-corrected chi connectivity index (χ1v) is 4.15. The maximum absolute atomic E-state index is 11.2. The van der Waals surface area contributed by atoms with Gasteiger partial charge in [0.1, 0.15) is 5.76 Å². The fourth-order valence-corrected chi connectivity index (χ4v) is 1.03. The van der Waals surface area contributed by atoms with Gasteiger partial charge < -0.3 is 14.9 Å². The number of nitrogens with two attached hydrogens (primary N) is 1. The average molecular weight is 183 g/mol. The summed E-state index contributed by atoms with van der Waals surface area (Å²) in [6.45, 7) is 4.23. The smallest absolute Gasteiger partial charge is 0.374 e. The molecule has 0 radical (unpaired) electrons. The summed E-state index contributed by atoms with van der Waals surface area (Å²) in [4.78, 5) is 11.2. The molecule has 0 spiro atoms. The van der Waals surface area contributed by atoms with Crippen LogP contribution in [0.5, 0.6) is 0 Å². The minimum Gasteiger partial charge on any atom is -0.460 e. The van der Waals surface area contributed by atoms with Crippen LogP contribution in [0.3, 0.4) is 0 Å². The molecule has 1 heterocycles. The Morgan fingerprint density at radius 2 is 2.38 bits per heavy atom. The monoisotopic (exact) mass is 183 g/mol. The summed E-state index contributed by atoms with van der Waals surface area (Å²) in [5.74, 6) is 0.454. The molecule has 0 aliphatic heterocycles. The van der Waals surface area contributed by atoms with Crippen molar-refractivity contribution in [2.75, 3.05) is 6.61 Å². The van der Waals surface area contributed by atoms with E-state index in [0.717, 1.165) is 5.56 Å². The summed E-state index contributed by atoms with van der Waals surface area (Å²) < 4.78 is 9.93. The molecule has 13 heavy (non-hydrogen) atoms. The molecule has 0 saturated heterocycles. The SMILES string of the molecule is CCOC(=O)c1cc(CN)c(C)o1. The van der Waals surface area contributed by atoms with Crippen molar-refractivity contribution in [3.05, 3.63) is 23.2 Å². The summed E-state index contributed by atoms with van der Waals surface area (Å²) >= 11 is 0. The lowest BCUT2D eigenvalue weighted by atomic mass is 10.2. The van der Waals surface area contributed by atoms with E-state index in [0.29, 0.717) is 18.9 Å². The number of hydrogen-bond donors (Lipinski definition) is 1. The van der Waals surface area contributed by atoms with Crippen LogP contribution in [0.4, 0.5) is 0 Å². The second kappa shape index (κ2) is 4.09.